The zero-order chi connectivity index (χ0) is 14.5. The van der Waals surface area contributed by atoms with Crippen LogP contribution in [0.3, 0.4) is 0 Å². The van der Waals surface area contributed by atoms with Gasteiger partial charge in [-0.1, -0.05) is 25.7 Å². The van der Waals surface area contributed by atoms with E-state index in [1.165, 1.54) is 0 Å². The Morgan fingerprint density at radius 1 is 1.32 bits per heavy atom. The van der Waals surface area contributed by atoms with Gasteiger partial charge in [0.2, 0.25) is 0 Å². The van der Waals surface area contributed by atoms with E-state index in [0.717, 1.165) is 12.0 Å². The fourth-order valence-corrected chi connectivity index (χ4v) is 1.37. The van der Waals surface area contributed by atoms with E-state index in [1.807, 2.05) is 6.92 Å². The number of carbonyl (C=O) groups excluding carboxylic acids is 1. The van der Waals surface area contributed by atoms with E-state index in [1.54, 1.807) is 32.3 Å². The molecular weight excluding hydrogens is 244 g/mol. The van der Waals surface area contributed by atoms with Gasteiger partial charge in [0.05, 0.1) is 20.1 Å². The van der Waals surface area contributed by atoms with Crippen molar-refractivity contribution < 1.29 is 19.0 Å². The summed E-state index contributed by atoms with van der Waals surface area (Å²) >= 11 is 0. The summed E-state index contributed by atoms with van der Waals surface area (Å²) < 4.78 is 15.5. The molecule has 108 valence electrons. The Hall–Kier alpha value is -1.55. The molecule has 0 heterocycles. The van der Waals surface area contributed by atoms with E-state index >= 15 is 0 Å². The number of allylic oxidation sites excluding steroid dienone is 3. The van der Waals surface area contributed by atoms with Crippen LogP contribution in [0.25, 0.3) is 0 Å². The molecule has 0 saturated heterocycles. The largest absolute Gasteiger partial charge is 0.499 e. The Morgan fingerprint density at radius 2 is 2.05 bits per heavy atom. The summed E-state index contributed by atoms with van der Waals surface area (Å²) in [5.74, 6) is 0.405. The van der Waals surface area contributed by atoms with E-state index < -0.39 is 0 Å². The second kappa shape index (κ2) is 11.5. The van der Waals surface area contributed by atoms with Gasteiger partial charge in [0.15, 0.2) is 0 Å². The van der Waals surface area contributed by atoms with Gasteiger partial charge in [0, 0.05) is 6.61 Å². The highest BCUT2D eigenvalue weighted by Gasteiger charge is 2.06. The summed E-state index contributed by atoms with van der Waals surface area (Å²) in [4.78, 5) is 11.5. The molecule has 0 bridgehead atoms. The molecule has 0 aromatic rings. The molecule has 0 rings (SSSR count). The highest BCUT2D eigenvalue weighted by Crippen LogP contribution is 2.10. The van der Waals surface area contributed by atoms with Crippen LogP contribution >= 0.6 is 0 Å². The first-order chi connectivity index (χ1) is 9.17. The summed E-state index contributed by atoms with van der Waals surface area (Å²) in [7, 11) is 1.58. The van der Waals surface area contributed by atoms with E-state index in [9.17, 15) is 4.79 Å². The molecule has 0 aromatic heterocycles. The molecule has 0 unspecified atom stereocenters. The summed E-state index contributed by atoms with van der Waals surface area (Å²) in [6.07, 6.45) is 6.32. The number of rotatable bonds is 10. The van der Waals surface area contributed by atoms with Crippen molar-refractivity contribution >= 4 is 5.97 Å². The molecule has 0 spiro atoms. The minimum atomic E-state index is -0.267. The standard InChI is InChI=1S/C15H24O4/c1-5-8-13(11-15(16)19-7-3)10-14(17-4)12-18-9-6-2/h5,8,10H,1,6-7,9,11-12H2,2-4H3/b13-8+,14-10+. The number of esters is 1. The van der Waals surface area contributed by atoms with Gasteiger partial charge >= 0.3 is 5.97 Å². The van der Waals surface area contributed by atoms with E-state index in [2.05, 4.69) is 6.58 Å². The lowest BCUT2D eigenvalue weighted by molar-refractivity contribution is -0.142. The normalized spacial score (nSPS) is 12.2. The zero-order valence-corrected chi connectivity index (χ0v) is 12.1. The van der Waals surface area contributed by atoms with Crippen LogP contribution in [0.4, 0.5) is 0 Å². The summed E-state index contributed by atoms with van der Waals surface area (Å²) in [5, 5.41) is 0. The maximum absolute atomic E-state index is 11.5. The van der Waals surface area contributed by atoms with Gasteiger partial charge in [-0.05, 0) is 25.0 Å². The van der Waals surface area contributed by atoms with Crippen molar-refractivity contribution in [3.05, 3.63) is 36.1 Å². The Bertz CT molecular complexity index is 329. The van der Waals surface area contributed by atoms with E-state index in [0.29, 0.717) is 25.6 Å². The lowest BCUT2D eigenvalue weighted by Gasteiger charge is -2.08. The van der Waals surface area contributed by atoms with Gasteiger partial charge in [-0.2, -0.15) is 0 Å². The average Bonchev–Trinajstić information content (AvgIpc) is 2.38. The first-order valence-electron chi connectivity index (χ1n) is 6.47. The molecule has 0 saturated carbocycles. The molecular formula is C15H24O4. The Morgan fingerprint density at radius 3 is 2.58 bits per heavy atom. The Kier molecular flexibility index (Phi) is 10.6. The predicted molar refractivity (Wildman–Crippen MR) is 75.7 cm³/mol. The number of ether oxygens (including phenoxy) is 3. The quantitative estimate of drug-likeness (QED) is 0.264. The minimum Gasteiger partial charge on any atom is -0.499 e. The van der Waals surface area contributed by atoms with Crippen LogP contribution in [0.15, 0.2) is 36.1 Å². The third-order valence-corrected chi connectivity index (χ3v) is 2.19. The van der Waals surface area contributed by atoms with Crippen LogP contribution in [0.1, 0.15) is 26.7 Å². The topological polar surface area (TPSA) is 44.8 Å². The zero-order valence-electron chi connectivity index (χ0n) is 12.1. The maximum atomic E-state index is 11.5. The first kappa shape index (κ1) is 17.4. The van der Waals surface area contributed by atoms with Gasteiger partial charge < -0.3 is 14.2 Å². The molecule has 0 aliphatic carbocycles. The molecule has 0 aromatic carbocycles. The van der Waals surface area contributed by atoms with Crippen LogP contribution in [0.2, 0.25) is 0 Å². The number of hydrogen-bond donors (Lipinski definition) is 0. The van der Waals surface area contributed by atoms with Gasteiger partial charge in [0.1, 0.15) is 12.4 Å². The predicted octanol–water partition coefficient (Wildman–Crippen LogP) is 3.01. The second-order valence-electron chi connectivity index (χ2n) is 3.83. The van der Waals surface area contributed by atoms with Gasteiger partial charge in [-0.3, -0.25) is 4.79 Å². The molecule has 0 fully saturated rings. The highest BCUT2D eigenvalue weighted by atomic mass is 16.5. The highest BCUT2D eigenvalue weighted by molar-refractivity contribution is 5.73. The Balaban J connectivity index is 4.62. The van der Waals surface area contributed by atoms with Gasteiger partial charge in [0.25, 0.3) is 0 Å². The molecule has 4 nitrogen and oxygen atoms in total. The molecule has 0 amide bonds. The van der Waals surface area contributed by atoms with Crippen molar-refractivity contribution in [1.82, 2.24) is 0 Å². The lowest BCUT2D eigenvalue weighted by Crippen LogP contribution is -2.06. The fourth-order valence-electron chi connectivity index (χ4n) is 1.37. The van der Waals surface area contributed by atoms with Gasteiger partial charge in [-0.25, -0.2) is 0 Å². The van der Waals surface area contributed by atoms with Crippen molar-refractivity contribution in [3.8, 4) is 0 Å². The van der Waals surface area contributed by atoms with Crippen LogP contribution in [-0.2, 0) is 19.0 Å². The molecule has 4 heteroatoms. The van der Waals surface area contributed by atoms with Crippen LogP contribution in [-0.4, -0.2) is 32.9 Å². The molecule has 19 heavy (non-hydrogen) atoms. The van der Waals surface area contributed by atoms with Crippen LogP contribution in [0.5, 0.6) is 0 Å². The fraction of sp³-hybridized carbons (Fsp3) is 0.533. The lowest BCUT2D eigenvalue weighted by atomic mass is 10.1. The maximum Gasteiger partial charge on any atom is 0.310 e. The third-order valence-electron chi connectivity index (χ3n) is 2.19. The van der Waals surface area contributed by atoms with Gasteiger partial charge in [-0.15, -0.1) is 0 Å². The summed E-state index contributed by atoms with van der Waals surface area (Å²) in [5.41, 5.74) is 0.783. The van der Waals surface area contributed by atoms with E-state index in [4.69, 9.17) is 14.2 Å². The van der Waals surface area contributed by atoms with Crippen LogP contribution < -0.4 is 0 Å². The number of hydrogen-bond acceptors (Lipinski definition) is 4. The number of carbonyl (C=O) groups is 1. The first-order valence-corrected chi connectivity index (χ1v) is 6.47. The Labute approximate surface area is 115 Å². The van der Waals surface area contributed by atoms with Crippen molar-refractivity contribution in [2.45, 2.75) is 26.7 Å². The third kappa shape index (κ3) is 9.08. The van der Waals surface area contributed by atoms with E-state index in [-0.39, 0.29) is 12.4 Å². The summed E-state index contributed by atoms with van der Waals surface area (Å²) in [6, 6.07) is 0. The van der Waals surface area contributed by atoms with Crippen molar-refractivity contribution in [2.75, 3.05) is 26.9 Å². The average molecular weight is 268 g/mol. The molecule has 0 N–H and O–H groups in total. The molecule has 0 aliphatic heterocycles. The second-order valence-corrected chi connectivity index (χ2v) is 3.83. The molecule has 0 atom stereocenters. The number of methoxy groups -OCH3 is 1. The molecule has 0 aliphatic rings. The molecule has 0 radical (unpaired) electrons. The van der Waals surface area contributed by atoms with Crippen molar-refractivity contribution in [2.24, 2.45) is 0 Å². The van der Waals surface area contributed by atoms with Crippen molar-refractivity contribution in [3.63, 3.8) is 0 Å². The SMILES string of the molecule is C=C/C=C(\C=C(/COCCC)OC)CC(=O)OCC. The monoisotopic (exact) mass is 268 g/mol. The smallest absolute Gasteiger partial charge is 0.310 e. The van der Waals surface area contributed by atoms with Crippen molar-refractivity contribution in [1.29, 1.82) is 0 Å². The summed E-state index contributed by atoms with van der Waals surface area (Å²) in [6.45, 7) is 8.90. The minimum absolute atomic E-state index is 0.195. The van der Waals surface area contributed by atoms with Crippen LogP contribution in [0, 0.1) is 0 Å².